The van der Waals surface area contributed by atoms with E-state index in [9.17, 15) is 4.79 Å². The van der Waals surface area contributed by atoms with Crippen LogP contribution in [0.25, 0.3) is 0 Å². The molecule has 2 atom stereocenters. The molecule has 0 aromatic heterocycles. The van der Waals surface area contributed by atoms with Gasteiger partial charge in [-0.2, -0.15) is 0 Å². The van der Waals surface area contributed by atoms with E-state index in [2.05, 4.69) is 45.3 Å². The lowest BCUT2D eigenvalue weighted by Gasteiger charge is -2.36. The van der Waals surface area contributed by atoms with Crippen molar-refractivity contribution in [1.29, 1.82) is 0 Å². The molecule has 0 spiro atoms. The first kappa shape index (κ1) is 29.9. The zero-order valence-corrected chi connectivity index (χ0v) is 23.5. The van der Waals surface area contributed by atoms with E-state index < -0.39 is 0 Å². The van der Waals surface area contributed by atoms with E-state index in [1.165, 1.54) is 62.5 Å². The van der Waals surface area contributed by atoms with Gasteiger partial charge in [0.1, 0.15) is 25.0 Å². The number of aryl methyl sites for hydroxylation is 1. The Bertz CT molecular complexity index is 847. The Morgan fingerprint density at radius 1 is 0.806 bits per heavy atom. The monoisotopic (exact) mass is 496 g/mol. The second kappa shape index (κ2) is 16.4. The van der Waals surface area contributed by atoms with Crippen molar-refractivity contribution in [2.24, 2.45) is 0 Å². The quantitative estimate of drug-likeness (QED) is 0.120. The van der Waals surface area contributed by atoms with Gasteiger partial charge in [0.25, 0.3) is 0 Å². The molecule has 0 saturated heterocycles. The fraction of sp³-hybridized carbons (Fsp3) is 0.594. The lowest BCUT2D eigenvalue weighted by molar-refractivity contribution is -0.919. The molecule has 36 heavy (non-hydrogen) atoms. The third-order valence-electron chi connectivity index (χ3n) is 6.98. The average Bonchev–Trinajstić information content (AvgIpc) is 2.86. The van der Waals surface area contributed by atoms with Gasteiger partial charge in [-0.3, -0.25) is 0 Å². The number of esters is 1. The Labute approximate surface area is 220 Å². The van der Waals surface area contributed by atoms with E-state index in [1.807, 2.05) is 44.2 Å². The van der Waals surface area contributed by atoms with E-state index in [0.29, 0.717) is 4.48 Å². The van der Waals surface area contributed by atoms with Crippen LogP contribution in [0.15, 0.2) is 54.6 Å². The first-order chi connectivity index (χ1) is 17.4. The van der Waals surface area contributed by atoms with Crippen LogP contribution in [0.5, 0.6) is 5.75 Å². The van der Waals surface area contributed by atoms with Crippen molar-refractivity contribution >= 4 is 5.97 Å². The van der Waals surface area contributed by atoms with Crippen molar-refractivity contribution in [3.05, 3.63) is 65.7 Å². The average molecular weight is 497 g/mol. The summed E-state index contributed by atoms with van der Waals surface area (Å²) in [6.07, 6.45) is 12.4. The zero-order valence-electron chi connectivity index (χ0n) is 23.5. The fourth-order valence-electron chi connectivity index (χ4n) is 4.87. The van der Waals surface area contributed by atoms with E-state index >= 15 is 0 Å². The van der Waals surface area contributed by atoms with Crippen molar-refractivity contribution in [2.75, 3.05) is 20.7 Å². The van der Waals surface area contributed by atoms with E-state index in [0.717, 1.165) is 25.1 Å². The Morgan fingerprint density at radius 2 is 1.42 bits per heavy atom. The lowest BCUT2D eigenvalue weighted by atomic mass is 10.0. The summed E-state index contributed by atoms with van der Waals surface area (Å²) < 4.78 is 12.3. The van der Waals surface area contributed by atoms with Gasteiger partial charge < -0.3 is 14.0 Å². The molecule has 0 heterocycles. The molecule has 0 aliphatic heterocycles. The minimum atomic E-state index is -0.215. The molecule has 4 heteroatoms. The smallest absolute Gasteiger partial charge is 0.365 e. The molecule has 0 amide bonds. The molecule has 0 N–H and O–H groups in total. The predicted molar refractivity (Wildman–Crippen MR) is 150 cm³/mol. The van der Waals surface area contributed by atoms with Crippen molar-refractivity contribution < 1.29 is 18.8 Å². The SMILES string of the molecule is CCCCCCCCCCc1ccc(OC(C)COC(=O)C(CC)[N+](C)(C)Cc2ccccc2)cc1. The molecular formula is C32H50NO3+. The Hall–Kier alpha value is -2.33. The number of ether oxygens (including phenoxy) is 2. The van der Waals surface area contributed by atoms with Crippen LogP contribution in [-0.4, -0.2) is 43.3 Å². The highest BCUT2D eigenvalue weighted by molar-refractivity contribution is 5.74. The van der Waals surface area contributed by atoms with Crippen molar-refractivity contribution in [2.45, 2.75) is 104 Å². The minimum Gasteiger partial charge on any atom is -0.487 e. The van der Waals surface area contributed by atoms with Crippen LogP contribution in [0, 0.1) is 0 Å². The number of hydrogen-bond donors (Lipinski definition) is 0. The van der Waals surface area contributed by atoms with Gasteiger partial charge in [0.05, 0.1) is 14.1 Å². The first-order valence-corrected chi connectivity index (χ1v) is 14.1. The molecule has 200 valence electrons. The highest BCUT2D eigenvalue weighted by Crippen LogP contribution is 2.19. The number of nitrogens with zero attached hydrogens (tertiary/aromatic N) is 1. The summed E-state index contributed by atoms with van der Waals surface area (Å²) in [5.41, 5.74) is 2.58. The maximum atomic E-state index is 12.9. The predicted octanol–water partition coefficient (Wildman–Crippen LogP) is 7.74. The van der Waals surface area contributed by atoms with Gasteiger partial charge in [0.2, 0.25) is 0 Å². The number of quaternary nitrogens is 1. The Balaban J connectivity index is 1.71. The summed E-state index contributed by atoms with van der Waals surface area (Å²) in [4.78, 5) is 12.9. The Morgan fingerprint density at radius 3 is 2.03 bits per heavy atom. The maximum Gasteiger partial charge on any atom is 0.365 e. The minimum absolute atomic E-state index is 0.158. The van der Waals surface area contributed by atoms with Crippen molar-refractivity contribution in [1.82, 2.24) is 0 Å². The molecule has 2 aromatic rings. The number of hydrogen-bond acceptors (Lipinski definition) is 3. The third kappa shape index (κ3) is 11.2. The molecule has 2 rings (SSSR count). The number of benzene rings is 2. The van der Waals surface area contributed by atoms with Crippen LogP contribution in [0.3, 0.4) is 0 Å². The molecule has 0 aliphatic rings. The van der Waals surface area contributed by atoms with E-state index in [4.69, 9.17) is 9.47 Å². The lowest BCUT2D eigenvalue weighted by Crippen LogP contribution is -2.52. The third-order valence-corrected chi connectivity index (χ3v) is 6.98. The molecule has 2 aromatic carbocycles. The van der Waals surface area contributed by atoms with Crippen molar-refractivity contribution in [3.63, 3.8) is 0 Å². The molecule has 4 nitrogen and oxygen atoms in total. The second-order valence-corrected chi connectivity index (χ2v) is 10.8. The summed E-state index contributed by atoms with van der Waals surface area (Å²) in [5, 5.41) is 0. The number of carbonyl (C=O) groups is 1. The molecular weight excluding hydrogens is 446 g/mol. The largest absolute Gasteiger partial charge is 0.487 e. The Kier molecular flexibility index (Phi) is 13.6. The number of rotatable bonds is 18. The molecule has 0 radical (unpaired) electrons. The number of unbranched alkanes of at least 4 members (excludes halogenated alkanes) is 7. The molecule has 0 bridgehead atoms. The van der Waals surface area contributed by atoms with Gasteiger partial charge in [-0.05, 0) is 37.5 Å². The van der Waals surface area contributed by atoms with Crippen LogP contribution in [0.2, 0.25) is 0 Å². The summed E-state index contributed by atoms with van der Waals surface area (Å²) >= 11 is 0. The van der Waals surface area contributed by atoms with E-state index in [-0.39, 0.29) is 24.7 Å². The topological polar surface area (TPSA) is 35.5 Å². The van der Waals surface area contributed by atoms with E-state index in [1.54, 1.807) is 0 Å². The first-order valence-electron chi connectivity index (χ1n) is 14.1. The fourth-order valence-corrected chi connectivity index (χ4v) is 4.87. The van der Waals surface area contributed by atoms with Gasteiger partial charge in [0.15, 0.2) is 6.04 Å². The van der Waals surface area contributed by atoms with Gasteiger partial charge >= 0.3 is 5.97 Å². The van der Waals surface area contributed by atoms with Gasteiger partial charge in [-0.1, -0.05) is 101 Å². The maximum absolute atomic E-state index is 12.9. The standard InChI is InChI=1S/C32H50NO3/c1-6-8-9-10-11-12-13-15-18-28-21-23-30(24-22-28)36-27(3)26-35-32(34)31(7-2)33(4,5)25-29-19-16-14-17-20-29/h14,16-17,19-24,27,31H,6-13,15,18,25-26H2,1-5H3/q+1. The van der Waals surface area contributed by atoms with Gasteiger partial charge in [-0.25, -0.2) is 4.79 Å². The molecule has 0 aliphatic carbocycles. The molecule has 0 saturated carbocycles. The summed E-state index contributed by atoms with van der Waals surface area (Å²) in [7, 11) is 4.19. The second-order valence-electron chi connectivity index (χ2n) is 10.8. The molecule has 0 fully saturated rings. The molecule has 2 unspecified atom stereocenters. The van der Waals surface area contributed by atoms with Gasteiger partial charge in [-0.15, -0.1) is 0 Å². The van der Waals surface area contributed by atoms with Crippen LogP contribution >= 0.6 is 0 Å². The normalized spacial score (nSPS) is 13.2. The number of carbonyl (C=O) groups excluding carboxylic acids is 1. The van der Waals surface area contributed by atoms with Crippen LogP contribution in [0.4, 0.5) is 0 Å². The van der Waals surface area contributed by atoms with Crippen LogP contribution < -0.4 is 4.74 Å². The van der Waals surface area contributed by atoms with Crippen molar-refractivity contribution in [3.8, 4) is 5.75 Å². The van der Waals surface area contributed by atoms with Gasteiger partial charge in [0, 0.05) is 12.0 Å². The van der Waals surface area contributed by atoms with Crippen LogP contribution in [0.1, 0.15) is 89.7 Å². The summed E-state index contributed by atoms with van der Waals surface area (Å²) in [6, 6.07) is 18.5. The zero-order chi connectivity index (χ0) is 26.2. The van der Waals surface area contributed by atoms with Crippen LogP contribution in [-0.2, 0) is 22.5 Å². The highest BCUT2D eigenvalue weighted by atomic mass is 16.6. The summed E-state index contributed by atoms with van der Waals surface area (Å²) in [6.45, 7) is 7.30. The highest BCUT2D eigenvalue weighted by Gasteiger charge is 2.35. The summed E-state index contributed by atoms with van der Waals surface area (Å²) in [5.74, 6) is 0.667. The number of likely N-dealkylation sites (N-methyl/N-ethyl adjacent to an activating group) is 1.